The van der Waals surface area contributed by atoms with E-state index in [0.29, 0.717) is 24.5 Å². The summed E-state index contributed by atoms with van der Waals surface area (Å²) in [6.45, 7) is 7.15. The SMILES string of the molecule is Cc1nc(COc2cccc(C(=O)NCc3ccccc3CN3CCOCC3)c2)cs1. The first-order chi connectivity index (χ1) is 15.2. The van der Waals surface area contributed by atoms with Crippen LogP contribution >= 0.6 is 11.3 Å². The summed E-state index contributed by atoms with van der Waals surface area (Å²) in [5, 5.41) is 6.05. The number of hydrogen-bond donors (Lipinski definition) is 1. The zero-order chi connectivity index (χ0) is 21.5. The van der Waals surface area contributed by atoms with Gasteiger partial charge in [0, 0.05) is 37.1 Å². The number of hydrogen-bond acceptors (Lipinski definition) is 6. The predicted octanol–water partition coefficient (Wildman–Crippen LogP) is 3.79. The summed E-state index contributed by atoms with van der Waals surface area (Å²) in [5.74, 6) is 0.544. The van der Waals surface area contributed by atoms with Gasteiger partial charge in [0.15, 0.2) is 0 Å². The minimum atomic E-state index is -0.115. The first-order valence-corrected chi connectivity index (χ1v) is 11.3. The summed E-state index contributed by atoms with van der Waals surface area (Å²) in [6.07, 6.45) is 0. The van der Waals surface area contributed by atoms with Crippen LogP contribution in [-0.2, 0) is 24.4 Å². The molecule has 31 heavy (non-hydrogen) atoms. The van der Waals surface area contributed by atoms with E-state index in [9.17, 15) is 4.79 Å². The van der Waals surface area contributed by atoms with Crippen LogP contribution in [0.1, 0.15) is 32.2 Å². The first-order valence-electron chi connectivity index (χ1n) is 10.5. The smallest absolute Gasteiger partial charge is 0.251 e. The average molecular weight is 438 g/mol. The number of rotatable bonds is 8. The number of amides is 1. The van der Waals surface area contributed by atoms with Gasteiger partial charge in [-0.05, 0) is 36.2 Å². The zero-order valence-corrected chi connectivity index (χ0v) is 18.5. The number of aromatic nitrogens is 1. The fourth-order valence-electron chi connectivity index (χ4n) is 3.52. The molecule has 1 aromatic heterocycles. The highest BCUT2D eigenvalue weighted by atomic mass is 32.1. The topological polar surface area (TPSA) is 63.7 Å². The molecule has 7 heteroatoms. The molecule has 0 atom stereocenters. The lowest BCUT2D eigenvalue weighted by Crippen LogP contribution is -2.36. The first kappa shape index (κ1) is 21.5. The Bertz CT molecular complexity index is 1010. The normalized spacial score (nSPS) is 14.4. The lowest BCUT2D eigenvalue weighted by Gasteiger charge is -2.27. The van der Waals surface area contributed by atoms with E-state index < -0.39 is 0 Å². The van der Waals surface area contributed by atoms with Crippen molar-refractivity contribution in [1.29, 1.82) is 0 Å². The van der Waals surface area contributed by atoms with Gasteiger partial charge in [-0.15, -0.1) is 11.3 Å². The summed E-state index contributed by atoms with van der Waals surface area (Å²) in [6, 6.07) is 15.5. The summed E-state index contributed by atoms with van der Waals surface area (Å²) < 4.78 is 11.2. The molecule has 1 aliphatic heterocycles. The zero-order valence-electron chi connectivity index (χ0n) is 17.7. The highest BCUT2D eigenvalue weighted by Crippen LogP contribution is 2.17. The maximum atomic E-state index is 12.7. The van der Waals surface area contributed by atoms with Crippen molar-refractivity contribution in [3.05, 3.63) is 81.3 Å². The van der Waals surface area contributed by atoms with Crippen LogP contribution in [0.5, 0.6) is 5.75 Å². The molecule has 0 saturated carbocycles. The molecule has 0 unspecified atom stereocenters. The van der Waals surface area contributed by atoms with Crippen molar-refractivity contribution in [2.75, 3.05) is 26.3 Å². The minimum Gasteiger partial charge on any atom is -0.487 e. The molecule has 6 nitrogen and oxygen atoms in total. The van der Waals surface area contributed by atoms with Crippen LogP contribution in [0.2, 0.25) is 0 Å². The molecular weight excluding hydrogens is 410 g/mol. The number of thiazole rings is 1. The molecular formula is C24H27N3O3S. The van der Waals surface area contributed by atoms with Crippen LogP contribution in [0.25, 0.3) is 0 Å². The van der Waals surface area contributed by atoms with Gasteiger partial charge in [-0.3, -0.25) is 9.69 Å². The van der Waals surface area contributed by atoms with Crippen molar-refractivity contribution >= 4 is 17.2 Å². The largest absolute Gasteiger partial charge is 0.487 e. The van der Waals surface area contributed by atoms with Crippen molar-refractivity contribution in [3.63, 3.8) is 0 Å². The maximum Gasteiger partial charge on any atom is 0.251 e. The molecule has 0 bridgehead atoms. The van der Waals surface area contributed by atoms with E-state index in [4.69, 9.17) is 9.47 Å². The lowest BCUT2D eigenvalue weighted by molar-refractivity contribution is 0.0340. The Balaban J connectivity index is 1.34. The van der Waals surface area contributed by atoms with Crippen LogP contribution in [-0.4, -0.2) is 42.1 Å². The Morgan fingerprint density at radius 3 is 2.74 bits per heavy atom. The molecule has 4 rings (SSSR count). The molecule has 1 aliphatic rings. The summed E-state index contributed by atoms with van der Waals surface area (Å²) in [5.41, 5.74) is 3.85. The van der Waals surface area contributed by atoms with Gasteiger partial charge in [0.2, 0.25) is 0 Å². The van der Waals surface area contributed by atoms with Gasteiger partial charge in [0.05, 0.1) is 23.9 Å². The standard InChI is InChI=1S/C24H27N3O3S/c1-18-26-22(17-31-18)16-30-23-8-4-7-19(13-23)24(28)25-14-20-5-2-3-6-21(20)15-27-9-11-29-12-10-27/h2-8,13,17H,9-12,14-16H2,1H3,(H,25,28). The number of morpholine rings is 1. The molecule has 1 N–H and O–H groups in total. The Hall–Kier alpha value is -2.74. The third kappa shape index (κ3) is 6.13. The van der Waals surface area contributed by atoms with Crippen molar-refractivity contribution in [1.82, 2.24) is 15.2 Å². The van der Waals surface area contributed by atoms with Crippen molar-refractivity contribution in [3.8, 4) is 5.75 Å². The Labute approximate surface area is 186 Å². The van der Waals surface area contributed by atoms with Crippen molar-refractivity contribution in [2.24, 2.45) is 0 Å². The molecule has 0 aliphatic carbocycles. The van der Waals surface area contributed by atoms with Crippen LogP contribution in [0.15, 0.2) is 53.9 Å². The molecule has 1 amide bonds. The van der Waals surface area contributed by atoms with Crippen molar-refractivity contribution < 1.29 is 14.3 Å². The van der Waals surface area contributed by atoms with Gasteiger partial charge in [-0.25, -0.2) is 4.98 Å². The van der Waals surface area contributed by atoms with E-state index in [1.165, 1.54) is 5.56 Å². The molecule has 1 saturated heterocycles. The average Bonchev–Trinajstić information content (AvgIpc) is 3.23. The number of ether oxygens (including phenoxy) is 2. The molecule has 3 aromatic rings. The number of aryl methyl sites for hydroxylation is 1. The predicted molar refractivity (Wildman–Crippen MR) is 121 cm³/mol. The number of nitrogens with zero attached hydrogens (tertiary/aromatic N) is 2. The molecule has 1 fully saturated rings. The Morgan fingerprint density at radius 2 is 1.97 bits per heavy atom. The second-order valence-electron chi connectivity index (χ2n) is 7.51. The van der Waals surface area contributed by atoms with Gasteiger partial charge < -0.3 is 14.8 Å². The molecule has 2 aromatic carbocycles. The van der Waals surface area contributed by atoms with Gasteiger partial charge in [0.25, 0.3) is 5.91 Å². The monoisotopic (exact) mass is 437 g/mol. The summed E-state index contributed by atoms with van der Waals surface area (Å²) in [7, 11) is 0. The third-order valence-electron chi connectivity index (χ3n) is 5.20. The van der Waals surface area contributed by atoms with E-state index in [-0.39, 0.29) is 5.91 Å². The van der Waals surface area contributed by atoms with E-state index in [0.717, 1.165) is 49.1 Å². The van der Waals surface area contributed by atoms with Crippen molar-refractivity contribution in [2.45, 2.75) is 26.6 Å². The highest BCUT2D eigenvalue weighted by Gasteiger charge is 2.13. The molecule has 162 valence electrons. The van der Waals surface area contributed by atoms with Crippen LogP contribution in [0, 0.1) is 6.92 Å². The number of nitrogens with one attached hydrogen (secondary N) is 1. The number of carbonyl (C=O) groups excluding carboxylic acids is 1. The van der Waals surface area contributed by atoms with Gasteiger partial charge in [-0.1, -0.05) is 30.3 Å². The van der Waals surface area contributed by atoms with Crippen LogP contribution in [0.4, 0.5) is 0 Å². The van der Waals surface area contributed by atoms with Crippen LogP contribution in [0.3, 0.4) is 0 Å². The maximum absolute atomic E-state index is 12.7. The van der Waals surface area contributed by atoms with E-state index in [1.807, 2.05) is 36.6 Å². The number of carbonyl (C=O) groups is 1. The second-order valence-corrected chi connectivity index (χ2v) is 8.58. The second kappa shape index (κ2) is 10.5. The quantitative estimate of drug-likeness (QED) is 0.581. The Kier molecular flexibility index (Phi) is 7.30. The third-order valence-corrected chi connectivity index (χ3v) is 6.03. The fourth-order valence-corrected chi connectivity index (χ4v) is 4.12. The van der Waals surface area contributed by atoms with E-state index in [1.54, 1.807) is 23.5 Å². The highest BCUT2D eigenvalue weighted by molar-refractivity contribution is 7.09. The molecule has 2 heterocycles. The Morgan fingerprint density at radius 1 is 1.16 bits per heavy atom. The summed E-state index contributed by atoms with van der Waals surface area (Å²) >= 11 is 1.60. The summed E-state index contributed by atoms with van der Waals surface area (Å²) in [4.78, 5) is 19.5. The van der Waals surface area contributed by atoms with Crippen LogP contribution < -0.4 is 10.1 Å². The van der Waals surface area contributed by atoms with Gasteiger partial charge in [0.1, 0.15) is 12.4 Å². The minimum absolute atomic E-state index is 0.115. The van der Waals surface area contributed by atoms with Gasteiger partial charge in [-0.2, -0.15) is 0 Å². The molecule has 0 radical (unpaired) electrons. The fraction of sp³-hybridized carbons (Fsp3) is 0.333. The molecule has 0 spiro atoms. The van der Waals surface area contributed by atoms with Gasteiger partial charge >= 0.3 is 0 Å². The lowest BCUT2D eigenvalue weighted by atomic mass is 10.1. The van der Waals surface area contributed by atoms with E-state index in [2.05, 4.69) is 27.3 Å². The van der Waals surface area contributed by atoms with E-state index >= 15 is 0 Å². The number of benzene rings is 2.